The molecule has 1 N–H and O–H groups in total. The van der Waals surface area contributed by atoms with E-state index in [1.807, 2.05) is 0 Å². The van der Waals surface area contributed by atoms with E-state index in [9.17, 15) is 13.2 Å². The van der Waals surface area contributed by atoms with Gasteiger partial charge in [-0.25, -0.2) is 13.1 Å². The van der Waals surface area contributed by atoms with Gasteiger partial charge in [0.05, 0.1) is 24.5 Å². The highest BCUT2D eigenvalue weighted by molar-refractivity contribution is 9.10. The standard InChI is InChI=1S/C16H15BrClNO4S/c1-23-16(20)10-15(11-5-7-12(17)8-6-11)19-24(21,22)14-4-2-3-13(18)9-14/h2-9,15,19H,10H2,1H3. The van der Waals surface area contributed by atoms with Crippen molar-refractivity contribution in [3.63, 3.8) is 0 Å². The van der Waals surface area contributed by atoms with Gasteiger partial charge in [0.1, 0.15) is 0 Å². The van der Waals surface area contributed by atoms with Gasteiger partial charge in [0, 0.05) is 9.50 Å². The minimum Gasteiger partial charge on any atom is -0.469 e. The number of methoxy groups -OCH3 is 1. The molecular weight excluding hydrogens is 418 g/mol. The van der Waals surface area contributed by atoms with Crippen LogP contribution < -0.4 is 4.72 Å². The van der Waals surface area contributed by atoms with Crippen LogP contribution in [0.5, 0.6) is 0 Å². The fourth-order valence-corrected chi connectivity index (χ4v) is 3.85. The number of esters is 1. The lowest BCUT2D eigenvalue weighted by molar-refractivity contribution is -0.141. The maximum atomic E-state index is 12.6. The molecule has 0 spiro atoms. The van der Waals surface area contributed by atoms with Crippen LogP contribution in [0.2, 0.25) is 5.02 Å². The van der Waals surface area contributed by atoms with Gasteiger partial charge >= 0.3 is 5.97 Å². The fourth-order valence-electron chi connectivity index (χ4n) is 2.06. The summed E-state index contributed by atoms with van der Waals surface area (Å²) in [4.78, 5) is 11.7. The number of hydrogen-bond acceptors (Lipinski definition) is 4. The summed E-state index contributed by atoms with van der Waals surface area (Å²) in [6.07, 6.45) is -0.127. The minimum atomic E-state index is -3.85. The highest BCUT2D eigenvalue weighted by Crippen LogP contribution is 2.24. The van der Waals surface area contributed by atoms with Crippen molar-refractivity contribution in [1.82, 2.24) is 4.72 Å². The van der Waals surface area contributed by atoms with Crippen LogP contribution in [0, 0.1) is 0 Å². The quantitative estimate of drug-likeness (QED) is 0.707. The van der Waals surface area contributed by atoms with E-state index in [0.717, 1.165) is 4.47 Å². The van der Waals surface area contributed by atoms with Gasteiger partial charge in [0.15, 0.2) is 0 Å². The van der Waals surface area contributed by atoms with E-state index in [4.69, 9.17) is 11.6 Å². The average Bonchev–Trinajstić information content (AvgIpc) is 2.54. The highest BCUT2D eigenvalue weighted by Gasteiger charge is 2.24. The van der Waals surface area contributed by atoms with Crippen LogP contribution in [0.3, 0.4) is 0 Å². The van der Waals surface area contributed by atoms with E-state index >= 15 is 0 Å². The molecule has 1 unspecified atom stereocenters. The number of rotatable bonds is 6. The Morgan fingerprint density at radius 2 is 1.92 bits per heavy atom. The molecule has 2 rings (SSSR count). The van der Waals surface area contributed by atoms with Gasteiger partial charge in [-0.15, -0.1) is 0 Å². The molecule has 0 aromatic heterocycles. The van der Waals surface area contributed by atoms with Gasteiger partial charge in [-0.1, -0.05) is 45.7 Å². The Morgan fingerprint density at radius 1 is 1.25 bits per heavy atom. The smallest absolute Gasteiger partial charge is 0.307 e. The zero-order valence-corrected chi connectivity index (χ0v) is 15.9. The zero-order chi connectivity index (χ0) is 17.7. The average molecular weight is 433 g/mol. The largest absolute Gasteiger partial charge is 0.469 e. The second-order valence-electron chi connectivity index (χ2n) is 4.96. The summed E-state index contributed by atoms with van der Waals surface area (Å²) >= 11 is 9.18. The van der Waals surface area contributed by atoms with Crippen molar-refractivity contribution in [3.8, 4) is 0 Å². The summed E-state index contributed by atoms with van der Waals surface area (Å²) in [7, 11) is -2.59. The molecule has 0 bridgehead atoms. The highest BCUT2D eigenvalue weighted by atomic mass is 79.9. The molecule has 0 aliphatic rings. The number of halogens is 2. The number of carbonyl (C=O) groups is 1. The number of nitrogens with one attached hydrogen (secondary N) is 1. The molecular formula is C16H15BrClNO4S. The van der Waals surface area contributed by atoms with E-state index in [1.165, 1.54) is 19.2 Å². The second-order valence-corrected chi connectivity index (χ2v) is 8.03. The summed E-state index contributed by atoms with van der Waals surface area (Å²) in [5, 5.41) is 0.311. The van der Waals surface area contributed by atoms with Crippen molar-refractivity contribution in [2.45, 2.75) is 17.4 Å². The number of ether oxygens (including phenoxy) is 1. The van der Waals surface area contributed by atoms with Crippen molar-refractivity contribution in [2.24, 2.45) is 0 Å². The number of carbonyl (C=O) groups excluding carboxylic acids is 1. The van der Waals surface area contributed by atoms with Crippen molar-refractivity contribution in [3.05, 3.63) is 63.6 Å². The Bertz CT molecular complexity index is 824. The molecule has 0 amide bonds. The number of benzene rings is 2. The maximum absolute atomic E-state index is 12.6. The zero-order valence-electron chi connectivity index (χ0n) is 12.7. The molecule has 0 saturated carbocycles. The molecule has 128 valence electrons. The molecule has 0 aliphatic heterocycles. The van der Waals surface area contributed by atoms with Gasteiger partial charge in [-0.2, -0.15) is 0 Å². The van der Waals surface area contributed by atoms with Gasteiger partial charge in [-0.3, -0.25) is 4.79 Å². The molecule has 0 aliphatic carbocycles. The normalized spacial score (nSPS) is 12.6. The van der Waals surface area contributed by atoms with Crippen molar-refractivity contribution < 1.29 is 17.9 Å². The molecule has 0 fully saturated rings. The Kier molecular flexibility index (Phi) is 6.40. The third kappa shape index (κ3) is 5.04. The van der Waals surface area contributed by atoms with E-state index in [1.54, 1.807) is 36.4 Å². The van der Waals surface area contributed by atoms with Crippen LogP contribution in [0.25, 0.3) is 0 Å². The Balaban J connectivity index is 2.33. The molecule has 2 aromatic rings. The predicted octanol–water partition coefficient (Wildman–Crippen LogP) is 3.69. The summed E-state index contributed by atoms with van der Waals surface area (Å²) in [5.41, 5.74) is 0.647. The summed E-state index contributed by atoms with van der Waals surface area (Å²) in [6.45, 7) is 0. The van der Waals surface area contributed by atoms with Crippen molar-refractivity contribution in [2.75, 3.05) is 7.11 Å². The third-order valence-electron chi connectivity index (χ3n) is 3.27. The van der Waals surface area contributed by atoms with E-state index in [-0.39, 0.29) is 11.3 Å². The first-order chi connectivity index (χ1) is 11.3. The van der Waals surface area contributed by atoms with Gasteiger partial charge in [0.2, 0.25) is 10.0 Å². The van der Waals surface area contributed by atoms with Crippen LogP contribution in [-0.4, -0.2) is 21.5 Å². The molecule has 2 aromatic carbocycles. The van der Waals surface area contributed by atoms with Crippen LogP contribution >= 0.6 is 27.5 Å². The molecule has 0 heterocycles. The molecule has 24 heavy (non-hydrogen) atoms. The van der Waals surface area contributed by atoms with Crippen LogP contribution in [0.1, 0.15) is 18.0 Å². The lowest BCUT2D eigenvalue weighted by Gasteiger charge is -2.18. The van der Waals surface area contributed by atoms with Gasteiger partial charge in [-0.05, 0) is 35.9 Å². The first-order valence-corrected chi connectivity index (χ1v) is 9.57. The lowest BCUT2D eigenvalue weighted by atomic mass is 10.1. The predicted molar refractivity (Wildman–Crippen MR) is 95.3 cm³/mol. The molecule has 1 atom stereocenters. The van der Waals surface area contributed by atoms with Gasteiger partial charge < -0.3 is 4.74 Å². The van der Waals surface area contributed by atoms with E-state index in [0.29, 0.717) is 10.6 Å². The summed E-state index contributed by atoms with van der Waals surface area (Å²) < 4.78 is 33.2. The first-order valence-electron chi connectivity index (χ1n) is 6.92. The van der Waals surface area contributed by atoms with Crippen molar-refractivity contribution in [1.29, 1.82) is 0 Å². The van der Waals surface area contributed by atoms with Gasteiger partial charge in [0.25, 0.3) is 0 Å². The van der Waals surface area contributed by atoms with E-state index < -0.39 is 22.0 Å². The second kappa shape index (κ2) is 8.11. The Labute approximate surface area is 154 Å². The van der Waals surface area contributed by atoms with Crippen LogP contribution in [0.15, 0.2) is 57.9 Å². The lowest BCUT2D eigenvalue weighted by Crippen LogP contribution is -2.30. The van der Waals surface area contributed by atoms with E-state index in [2.05, 4.69) is 25.4 Å². The molecule has 0 saturated heterocycles. The number of sulfonamides is 1. The monoisotopic (exact) mass is 431 g/mol. The Hall–Kier alpha value is -1.41. The molecule has 0 radical (unpaired) electrons. The minimum absolute atomic E-state index is 0.0296. The number of hydrogen-bond donors (Lipinski definition) is 1. The molecule has 5 nitrogen and oxygen atoms in total. The topological polar surface area (TPSA) is 72.5 Å². The van der Waals surface area contributed by atoms with Crippen LogP contribution in [0.4, 0.5) is 0 Å². The fraction of sp³-hybridized carbons (Fsp3) is 0.188. The SMILES string of the molecule is COC(=O)CC(NS(=O)(=O)c1cccc(Cl)c1)c1ccc(Br)cc1. The summed E-state index contributed by atoms with van der Waals surface area (Å²) in [6, 6.07) is 12.2. The molecule has 8 heteroatoms. The van der Waals surface area contributed by atoms with Crippen LogP contribution in [-0.2, 0) is 19.6 Å². The maximum Gasteiger partial charge on any atom is 0.307 e. The first kappa shape index (κ1) is 18.9. The Morgan fingerprint density at radius 3 is 2.50 bits per heavy atom. The third-order valence-corrected chi connectivity index (χ3v) is 5.51. The van der Waals surface area contributed by atoms with Crippen molar-refractivity contribution >= 4 is 43.5 Å². The summed E-state index contributed by atoms with van der Waals surface area (Å²) in [5.74, 6) is -0.517.